The van der Waals surface area contributed by atoms with Crippen LogP contribution in [-0.2, 0) is 9.53 Å². The minimum atomic E-state index is -0.846. The van der Waals surface area contributed by atoms with Crippen molar-refractivity contribution in [3.8, 4) is 17.2 Å². The van der Waals surface area contributed by atoms with E-state index in [0.29, 0.717) is 49.5 Å². The van der Waals surface area contributed by atoms with Crippen molar-refractivity contribution in [3.05, 3.63) is 65.0 Å². The van der Waals surface area contributed by atoms with Gasteiger partial charge in [-0.15, -0.1) is 0 Å². The minimum Gasteiger partial charge on any atom is -0.493 e. The Morgan fingerprint density at radius 3 is 2.37 bits per heavy atom. The highest BCUT2D eigenvalue weighted by Gasteiger charge is 2.34. The van der Waals surface area contributed by atoms with Crippen LogP contribution in [0.3, 0.4) is 0 Å². The number of halogens is 1. The number of methoxy groups -OCH3 is 3. The molecule has 3 aromatic rings. The number of allylic oxidation sites excluding steroid dienone is 1. The molecule has 0 bridgehead atoms. The van der Waals surface area contributed by atoms with E-state index in [9.17, 15) is 9.59 Å². The van der Waals surface area contributed by atoms with Crippen molar-refractivity contribution in [2.45, 2.75) is 19.9 Å². The molecular weight excluding hydrogens is 578 g/mol. The van der Waals surface area contributed by atoms with E-state index in [1.807, 2.05) is 19.0 Å². The van der Waals surface area contributed by atoms with Crippen molar-refractivity contribution in [2.75, 3.05) is 46.9 Å². The van der Waals surface area contributed by atoms with E-state index in [-0.39, 0.29) is 17.7 Å². The van der Waals surface area contributed by atoms with Crippen molar-refractivity contribution in [3.63, 3.8) is 0 Å². The molecule has 1 aliphatic rings. The highest BCUT2D eigenvalue weighted by atomic mass is 79.9. The van der Waals surface area contributed by atoms with E-state index in [2.05, 4.69) is 20.9 Å². The number of furan rings is 1. The predicted molar refractivity (Wildman–Crippen MR) is 147 cm³/mol. The van der Waals surface area contributed by atoms with Crippen molar-refractivity contribution in [2.24, 2.45) is 4.99 Å². The van der Waals surface area contributed by atoms with Gasteiger partial charge in [0.2, 0.25) is 11.6 Å². The SMILES string of the molecule is CCOC(=O)C1=C(C)N=c2s/c(=C/c3cc(Br)c(N(C)C)o3)c(=O)n2[C@@H]1c1cc(OC)c(OC)c(OC)c1. The number of nitrogens with zero attached hydrogens (tertiary/aromatic N) is 3. The topological polar surface area (TPSA) is 105 Å². The summed E-state index contributed by atoms with van der Waals surface area (Å²) in [7, 11) is 8.23. The zero-order valence-electron chi connectivity index (χ0n) is 22.1. The fraction of sp³-hybridized carbons (Fsp3) is 0.346. The van der Waals surface area contributed by atoms with Gasteiger partial charge in [0.1, 0.15) is 5.76 Å². The maximum atomic E-state index is 13.8. The number of hydrogen-bond donors (Lipinski definition) is 0. The van der Waals surface area contributed by atoms with Crippen LogP contribution in [0.2, 0.25) is 0 Å². The van der Waals surface area contributed by atoms with Crippen molar-refractivity contribution in [1.29, 1.82) is 0 Å². The molecule has 1 aromatic carbocycles. The van der Waals surface area contributed by atoms with E-state index in [0.717, 1.165) is 4.47 Å². The summed E-state index contributed by atoms with van der Waals surface area (Å²) in [6.45, 7) is 3.62. The number of carbonyl (C=O) groups is 1. The lowest BCUT2D eigenvalue weighted by Crippen LogP contribution is -2.40. The monoisotopic (exact) mass is 605 g/mol. The van der Waals surface area contributed by atoms with Gasteiger partial charge < -0.3 is 28.3 Å². The maximum Gasteiger partial charge on any atom is 0.338 e. The molecule has 0 spiro atoms. The molecule has 12 heteroatoms. The van der Waals surface area contributed by atoms with Gasteiger partial charge in [-0.3, -0.25) is 9.36 Å². The van der Waals surface area contributed by atoms with Crippen LogP contribution < -0.4 is 34.0 Å². The molecule has 0 N–H and O–H groups in total. The quantitative estimate of drug-likeness (QED) is 0.360. The van der Waals surface area contributed by atoms with E-state index in [4.69, 9.17) is 23.4 Å². The first-order chi connectivity index (χ1) is 18.1. The van der Waals surface area contributed by atoms with Crippen LogP contribution in [0.1, 0.15) is 31.2 Å². The molecule has 0 radical (unpaired) electrons. The average Bonchev–Trinajstić information content (AvgIpc) is 3.40. The summed E-state index contributed by atoms with van der Waals surface area (Å²) >= 11 is 4.69. The van der Waals surface area contributed by atoms with Gasteiger partial charge in [-0.1, -0.05) is 11.3 Å². The number of rotatable bonds is 8. The first kappa shape index (κ1) is 27.5. The summed E-state index contributed by atoms with van der Waals surface area (Å²) in [5.41, 5.74) is 0.933. The Hall–Kier alpha value is -3.51. The van der Waals surface area contributed by atoms with E-state index in [1.54, 1.807) is 38.1 Å². The Balaban J connectivity index is 1.99. The van der Waals surface area contributed by atoms with Gasteiger partial charge in [-0.2, -0.15) is 0 Å². The zero-order valence-corrected chi connectivity index (χ0v) is 24.5. The number of fused-ring (bicyclic) bond motifs is 1. The number of aromatic nitrogens is 1. The summed E-state index contributed by atoms with van der Waals surface area (Å²) in [6.07, 6.45) is 1.66. The summed E-state index contributed by atoms with van der Waals surface area (Å²) in [6, 6.07) is 4.38. The highest BCUT2D eigenvalue weighted by molar-refractivity contribution is 9.10. The van der Waals surface area contributed by atoms with E-state index >= 15 is 0 Å². The molecule has 38 heavy (non-hydrogen) atoms. The van der Waals surface area contributed by atoms with Gasteiger partial charge in [-0.05, 0) is 47.5 Å². The van der Waals surface area contributed by atoms with Crippen LogP contribution >= 0.6 is 27.3 Å². The van der Waals surface area contributed by atoms with Crippen LogP contribution in [-0.4, -0.2) is 52.6 Å². The second kappa shape index (κ2) is 11.1. The third kappa shape index (κ3) is 4.85. The number of ether oxygens (including phenoxy) is 4. The number of hydrogen-bond acceptors (Lipinski definition) is 10. The van der Waals surface area contributed by atoms with Crippen molar-refractivity contribution in [1.82, 2.24) is 4.57 Å². The van der Waals surface area contributed by atoms with Gasteiger partial charge in [0.15, 0.2) is 16.3 Å². The number of carbonyl (C=O) groups excluding carboxylic acids is 1. The largest absolute Gasteiger partial charge is 0.493 e. The lowest BCUT2D eigenvalue weighted by atomic mass is 9.95. The Labute approximate surface area is 231 Å². The Bertz CT molecular complexity index is 1570. The van der Waals surface area contributed by atoms with E-state index < -0.39 is 12.0 Å². The number of esters is 1. The fourth-order valence-corrected chi connectivity index (χ4v) is 5.94. The number of thiazole rings is 1. The summed E-state index contributed by atoms with van der Waals surface area (Å²) in [4.78, 5) is 33.9. The van der Waals surface area contributed by atoms with Gasteiger partial charge in [0.25, 0.3) is 5.56 Å². The molecule has 0 unspecified atom stereocenters. The molecule has 3 heterocycles. The highest BCUT2D eigenvalue weighted by Crippen LogP contribution is 2.42. The maximum absolute atomic E-state index is 13.8. The fourth-order valence-electron chi connectivity index (χ4n) is 4.25. The lowest BCUT2D eigenvalue weighted by molar-refractivity contribution is -0.139. The zero-order chi connectivity index (χ0) is 27.7. The molecule has 202 valence electrons. The molecule has 0 saturated heterocycles. The number of anilines is 1. The summed E-state index contributed by atoms with van der Waals surface area (Å²) in [5.74, 6) is 1.73. The first-order valence-corrected chi connectivity index (χ1v) is 13.2. The molecule has 10 nitrogen and oxygen atoms in total. The standard InChI is InChI=1S/C26H28BrN3O7S/c1-8-36-25(32)20-13(2)28-26-30(21(20)14-9-17(33-5)22(35-7)18(10-14)34-6)23(31)19(38-26)12-15-11-16(27)24(37-15)29(3)4/h9-12,21H,8H2,1-7H3/b19-12+/t21-/m1/s1. The van der Waals surface area contributed by atoms with Crippen molar-refractivity contribution >= 4 is 45.2 Å². The minimum absolute atomic E-state index is 0.170. The Morgan fingerprint density at radius 2 is 1.84 bits per heavy atom. The molecule has 0 saturated carbocycles. The Morgan fingerprint density at radius 1 is 1.18 bits per heavy atom. The lowest BCUT2D eigenvalue weighted by Gasteiger charge is -2.26. The molecule has 0 fully saturated rings. The summed E-state index contributed by atoms with van der Waals surface area (Å²) < 4.78 is 30.5. The third-order valence-corrected chi connectivity index (χ3v) is 7.44. The summed E-state index contributed by atoms with van der Waals surface area (Å²) in [5, 5.41) is 0. The van der Waals surface area contributed by atoms with E-state index in [1.165, 1.54) is 37.2 Å². The molecule has 0 amide bonds. The Kier molecular flexibility index (Phi) is 8.02. The normalized spacial score (nSPS) is 15.2. The second-order valence-corrected chi connectivity index (χ2v) is 10.3. The third-order valence-electron chi connectivity index (χ3n) is 5.89. The first-order valence-electron chi connectivity index (χ1n) is 11.6. The predicted octanol–water partition coefficient (Wildman–Crippen LogP) is 3.25. The number of benzene rings is 1. The van der Waals surface area contributed by atoms with Gasteiger partial charge >= 0.3 is 5.97 Å². The molecule has 1 atom stereocenters. The van der Waals surface area contributed by atoms with Crippen molar-refractivity contribution < 1.29 is 28.2 Å². The smallest absolute Gasteiger partial charge is 0.338 e. The molecule has 1 aliphatic heterocycles. The molecule has 0 aliphatic carbocycles. The van der Waals surface area contributed by atoms with Crippen LogP contribution in [0.5, 0.6) is 17.2 Å². The van der Waals surface area contributed by atoms with Crippen LogP contribution in [0, 0.1) is 0 Å². The molecule has 4 rings (SSSR count). The van der Waals surface area contributed by atoms with Gasteiger partial charge in [0.05, 0.1) is 54.3 Å². The van der Waals surface area contributed by atoms with Crippen LogP contribution in [0.4, 0.5) is 5.88 Å². The van der Waals surface area contributed by atoms with Crippen LogP contribution in [0.15, 0.2) is 48.1 Å². The second-order valence-electron chi connectivity index (χ2n) is 8.46. The average molecular weight is 606 g/mol. The molecule has 2 aromatic heterocycles. The van der Waals surface area contributed by atoms with Gasteiger partial charge in [-0.25, -0.2) is 9.79 Å². The van der Waals surface area contributed by atoms with Gasteiger partial charge in [0, 0.05) is 26.2 Å². The van der Waals surface area contributed by atoms with Crippen LogP contribution in [0.25, 0.3) is 6.08 Å². The molecular formula is C26H28BrN3O7S.